The molecule has 2 heterocycles. The van der Waals surface area contributed by atoms with Crippen molar-refractivity contribution in [2.75, 3.05) is 33.2 Å². The Morgan fingerprint density at radius 2 is 2.05 bits per heavy atom. The lowest BCUT2D eigenvalue weighted by molar-refractivity contribution is 0.0734. The Labute approximate surface area is 112 Å². The van der Waals surface area contributed by atoms with E-state index in [1.807, 2.05) is 0 Å². The summed E-state index contributed by atoms with van der Waals surface area (Å²) in [7, 11) is -2.37. The zero-order chi connectivity index (χ0) is 14.0. The third kappa shape index (κ3) is 2.80. The molecule has 0 bridgehead atoms. The number of amides is 1. The van der Waals surface area contributed by atoms with Crippen molar-refractivity contribution >= 4 is 15.9 Å². The predicted molar refractivity (Wildman–Crippen MR) is 68.5 cm³/mol. The molecule has 0 saturated carbocycles. The van der Waals surface area contributed by atoms with E-state index in [9.17, 15) is 13.2 Å². The van der Waals surface area contributed by atoms with Gasteiger partial charge in [-0.2, -0.15) is 0 Å². The average molecular weight is 287 g/mol. The monoisotopic (exact) mass is 287 g/mol. The second kappa shape index (κ2) is 5.32. The van der Waals surface area contributed by atoms with Gasteiger partial charge in [0.1, 0.15) is 5.76 Å². The first-order valence-electron chi connectivity index (χ1n) is 5.99. The van der Waals surface area contributed by atoms with Crippen LogP contribution in [0.4, 0.5) is 0 Å². The maximum absolute atomic E-state index is 12.3. The maximum Gasteiger partial charge on any atom is 0.273 e. The highest BCUT2D eigenvalue weighted by Crippen LogP contribution is 2.20. The van der Waals surface area contributed by atoms with Crippen LogP contribution in [-0.2, 0) is 10.0 Å². The first-order valence-corrected chi connectivity index (χ1v) is 7.48. The highest BCUT2D eigenvalue weighted by molar-refractivity contribution is 7.89. The molecule has 0 spiro atoms. The molecule has 1 fully saturated rings. The van der Waals surface area contributed by atoms with Gasteiger partial charge in [0.15, 0.2) is 0 Å². The maximum atomic E-state index is 12.3. The fourth-order valence-electron chi connectivity index (χ4n) is 1.94. The number of piperazine rings is 1. The van der Waals surface area contributed by atoms with Gasteiger partial charge >= 0.3 is 0 Å². The van der Waals surface area contributed by atoms with Crippen LogP contribution >= 0.6 is 0 Å². The standard InChI is InChI=1S/C11H17N3O4S/c1-8-9(7-10(18-8)19(16,17)12-2)11(15)14-5-3-13-4-6-14/h7,12-13H,3-6H2,1-2H3. The van der Waals surface area contributed by atoms with E-state index in [0.29, 0.717) is 24.4 Å². The van der Waals surface area contributed by atoms with Crippen molar-refractivity contribution in [1.29, 1.82) is 0 Å². The van der Waals surface area contributed by atoms with Crippen LogP contribution in [0.5, 0.6) is 0 Å². The van der Waals surface area contributed by atoms with Gasteiger partial charge in [0.05, 0.1) is 5.56 Å². The first-order chi connectivity index (χ1) is 8.95. The van der Waals surface area contributed by atoms with Crippen molar-refractivity contribution in [2.24, 2.45) is 0 Å². The molecule has 0 unspecified atom stereocenters. The Morgan fingerprint density at radius 3 is 2.63 bits per heavy atom. The lowest BCUT2D eigenvalue weighted by Crippen LogP contribution is -2.46. The Kier molecular flexibility index (Phi) is 3.93. The summed E-state index contributed by atoms with van der Waals surface area (Å²) in [6.45, 7) is 4.29. The average Bonchev–Trinajstić information content (AvgIpc) is 2.82. The fraction of sp³-hybridized carbons (Fsp3) is 0.545. The van der Waals surface area contributed by atoms with E-state index >= 15 is 0 Å². The van der Waals surface area contributed by atoms with Crippen LogP contribution in [0.2, 0.25) is 0 Å². The molecule has 0 aromatic carbocycles. The van der Waals surface area contributed by atoms with Gasteiger partial charge in [-0.1, -0.05) is 0 Å². The van der Waals surface area contributed by atoms with E-state index in [2.05, 4.69) is 10.0 Å². The van der Waals surface area contributed by atoms with Crippen molar-refractivity contribution in [2.45, 2.75) is 12.0 Å². The molecule has 1 aromatic rings. The number of hydrogen-bond donors (Lipinski definition) is 2. The minimum atomic E-state index is -3.66. The van der Waals surface area contributed by atoms with Crippen molar-refractivity contribution in [3.63, 3.8) is 0 Å². The summed E-state index contributed by atoms with van der Waals surface area (Å²) < 4.78 is 30.6. The minimum absolute atomic E-state index is 0.194. The Balaban J connectivity index is 2.28. The van der Waals surface area contributed by atoms with Crippen LogP contribution in [0, 0.1) is 6.92 Å². The fourth-order valence-corrected chi connectivity index (χ4v) is 2.65. The Bertz CT molecular complexity index is 573. The van der Waals surface area contributed by atoms with Crippen LogP contribution in [0.25, 0.3) is 0 Å². The predicted octanol–water partition coefficient (Wildman–Crippen LogP) is -0.458. The number of carbonyl (C=O) groups is 1. The molecule has 1 aromatic heterocycles. The highest BCUT2D eigenvalue weighted by Gasteiger charge is 2.26. The van der Waals surface area contributed by atoms with Crippen LogP contribution in [0.3, 0.4) is 0 Å². The number of aryl methyl sites for hydroxylation is 1. The molecular weight excluding hydrogens is 270 g/mol. The molecule has 106 valence electrons. The quantitative estimate of drug-likeness (QED) is 0.785. The van der Waals surface area contributed by atoms with Crippen LogP contribution < -0.4 is 10.0 Å². The topological polar surface area (TPSA) is 91.7 Å². The van der Waals surface area contributed by atoms with E-state index < -0.39 is 10.0 Å². The largest absolute Gasteiger partial charge is 0.448 e. The van der Waals surface area contributed by atoms with Gasteiger partial charge in [-0.05, 0) is 14.0 Å². The SMILES string of the molecule is CNS(=O)(=O)c1cc(C(=O)N2CCNCC2)c(C)o1. The van der Waals surface area contributed by atoms with Gasteiger partial charge < -0.3 is 14.6 Å². The zero-order valence-corrected chi connectivity index (χ0v) is 11.7. The lowest BCUT2D eigenvalue weighted by atomic mass is 10.2. The second-order valence-electron chi connectivity index (χ2n) is 4.29. The van der Waals surface area contributed by atoms with E-state index in [-0.39, 0.29) is 11.0 Å². The molecule has 1 aliphatic heterocycles. The number of hydrogen-bond acceptors (Lipinski definition) is 5. The number of furan rings is 1. The van der Waals surface area contributed by atoms with Gasteiger partial charge in [0, 0.05) is 32.2 Å². The van der Waals surface area contributed by atoms with Crippen molar-refractivity contribution in [3.05, 3.63) is 17.4 Å². The Morgan fingerprint density at radius 1 is 1.42 bits per heavy atom. The van der Waals surface area contributed by atoms with E-state index in [4.69, 9.17) is 4.42 Å². The summed E-state index contributed by atoms with van der Waals surface area (Å²) in [6, 6.07) is 1.28. The third-order valence-corrected chi connectivity index (χ3v) is 4.33. The molecule has 1 amide bonds. The summed E-state index contributed by atoms with van der Waals surface area (Å²) in [6.07, 6.45) is 0. The van der Waals surface area contributed by atoms with Gasteiger partial charge in [0.25, 0.3) is 15.9 Å². The molecule has 0 radical (unpaired) electrons. The van der Waals surface area contributed by atoms with E-state index in [1.165, 1.54) is 13.1 Å². The molecule has 0 atom stereocenters. The number of rotatable bonds is 3. The first kappa shape index (κ1) is 14.0. The number of nitrogens with one attached hydrogen (secondary N) is 2. The normalized spacial score (nSPS) is 16.6. The number of nitrogens with zero attached hydrogens (tertiary/aromatic N) is 1. The summed E-state index contributed by atoms with van der Waals surface area (Å²) in [4.78, 5) is 14.0. The number of sulfonamides is 1. The van der Waals surface area contributed by atoms with Crippen LogP contribution in [-0.4, -0.2) is 52.5 Å². The minimum Gasteiger partial charge on any atom is -0.448 e. The molecule has 2 N–H and O–H groups in total. The lowest BCUT2D eigenvalue weighted by Gasteiger charge is -2.27. The highest BCUT2D eigenvalue weighted by atomic mass is 32.2. The van der Waals surface area contributed by atoms with Gasteiger partial charge in [0.2, 0.25) is 5.09 Å². The summed E-state index contributed by atoms with van der Waals surface area (Å²) in [5, 5.41) is 2.92. The number of carbonyl (C=O) groups excluding carboxylic acids is 1. The summed E-state index contributed by atoms with van der Waals surface area (Å²) in [5.41, 5.74) is 0.302. The molecule has 1 saturated heterocycles. The van der Waals surface area contributed by atoms with Gasteiger partial charge in [-0.15, -0.1) is 0 Å². The third-order valence-electron chi connectivity index (χ3n) is 3.06. The van der Waals surface area contributed by atoms with E-state index in [1.54, 1.807) is 11.8 Å². The molecule has 8 heteroatoms. The smallest absolute Gasteiger partial charge is 0.273 e. The summed E-state index contributed by atoms with van der Waals surface area (Å²) >= 11 is 0. The summed E-state index contributed by atoms with van der Waals surface area (Å²) in [5.74, 6) is 0.123. The molecule has 19 heavy (non-hydrogen) atoms. The van der Waals surface area contributed by atoms with Gasteiger partial charge in [-0.3, -0.25) is 4.79 Å². The van der Waals surface area contributed by atoms with Gasteiger partial charge in [-0.25, -0.2) is 13.1 Å². The Hall–Kier alpha value is -1.38. The van der Waals surface area contributed by atoms with E-state index in [0.717, 1.165) is 13.1 Å². The van der Waals surface area contributed by atoms with Crippen molar-refractivity contribution < 1.29 is 17.6 Å². The molecule has 2 rings (SSSR count). The van der Waals surface area contributed by atoms with Crippen LogP contribution in [0.15, 0.2) is 15.6 Å². The molecule has 0 aliphatic carbocycles. The van der Waals surface area contributed by atoms with Crippen molar-refractivity contribution in [3.8, 4) is 0 Å². The molecule has 7 nitrogen and oxygen atoms in total. The molecular formula is C11H17N3O4S. The van der Waals surface area contributed by atoms with Crippen molar-refractivity contribution in [1.82, 2.24) is 14.9 Å². The second-order valence-corrected chi connectivity index (χ2v) is 6.10. The molecule has 1 aliphatic rings. The zero-order valence-electron chi connectivity index (χ0n) is 10.9. The van der Waals surface area contributed by atoms with Crippen LogP contribution in [0.1, 0.15) is 16.1 Å².